The number of nitrogens with one attached hydrogen (secondary N) is 1. The third-order valence-electron chi connectivity index (χ3n) is 2.54. The molecule has 0 amide bonds. The molecule has 16 heavy (non-hydrogen) atoms. The summed E-state index contributed by atoms with van der Waals surface area (Å²) in [7, 11) is 0. The number of benzene rings is 1. The zero-order chi connectivity index (χ0) is 12.0. The van der Waals surface area contributed by atoms with Crippen molar-refractivity contribution in [2.45, 2.75) is 38.5 Å². The van der Waals surface area contributed by atoms with Crippen LogP contribution < -0.4 is 11.1 Å². The second kappa shape index (κ2) is 6.63. The predicted octanol–water partition coefficient (Wildman–Crippen LogP) is 0.915. The van der Waals surface area contributed by atoms with Gasteiger partial charge in [-0.25, -0.2) is 0 Å². The lowest BCUT2D eigenvalue weighted by Crippen LogP contribution is -2.44. The minimum atomic E-state index is -0.498. The van der Waals surface area contributed by atoms with Crippen LogP contribution >= 0.6 is 0 Å². The van der Waals surface area contributed by atoms with Gasteiger partial charge in [-0.1, -0.05) is 44.2 Å². The maximum absolute atomic E-state index is 9.84. The van der Waals surface area contributed by atoms with E-state index in [4.69, 9.17) is 5.73 Å². The summed E-state index contributed by atoms with van der Waals surface area (Å²) in [4.78, 5) is 0. The molecule has 0 radical (unpaired) electrons. The lowest BCUT2D eigenvalue weighted by atomic mass is 10.0. The molecule has 0 aliphatic carbocycles. The summed E-state index contributed by atoms with van der Waals surface area (Å²) in [5.74, 6) is 0. The third kappa shape index (κ3) is 4.75. The Balaban J connectivity index is 2.37. The van der Waals surface area contributed by atoms with Crippen LogP contribution in [-0.2, 0) is 6.42 Å². The van der Waals surface area contributed by atoms with Gasteiger partial charge in [-0.2, -0.15) is 0 Å². The van der Waals surface area contributed by atoms with Gasteiger partial charge in [-0.05, 0) is 12.0 Å². The smallest absolute Gasteiger partial charge is 0.0818 e. The van der Waals surface area contributed by atoms with E-state index < -0.39 is 6.10 Å². The van der Waals surface area contributed by atoms with Crippen molar-refractivity contribution >= 4 is 0 Å². The van der Waals surface area contributed by atoms with Gasteiger partial charge in [0.2, 0.25) is 0 Å². The summed E-state index contributed by atoms with van der Waals surface area (Å²) in [6.07, 6.45) is 0.213. The molecular formula is C13H22N2O. The highest BCUT2D eigenvalue weighted by Crippen LogP contribution is 2.04. The van der Waals surface area contributed by atoms with Gasteiger partial charge in [0.25, 0.3) is 0 Å². The Hall–Kier alpha value is -0.900. The van der Waals surface area contributed by atoms with Crippen LogP contribution in [0.15, 0.2) is 30.3 Å². The van der Waals surface area contributed by atoms with Gasteiger partial charge in [-0.15, -0.1) is 0 Å². The molecule has 0 aliphatic rings. The fourth-order valence-electron chi connectivity index (χ4n) is 1.53. The highest BCUT2D eigenvalue weighted by Gasteiger charge is 2.14. The number of aliphatic hydroxyl groups is 1. The lowest BCUT2D eigenvalue weighted by molar-refractivity contribution is 0.139. The van der Waals surface area contributed by atoms with Crippen molar-refractivity contribution in [3.63, 3.8) is 0 Å². The van der Waals surface area contributed by atoms with E-state index in [0.29, 0.717) is 19.0 Å². The van der Waals surface area contributed by atoms with Gasteiger partial charge in [-0.3, -0.25) is 0 Å². The molecule has 1 aromatic rings. The highest BCUT2D eigenvalue weighted by atomic mass is 16.3. The van der Waals surface area contributed by atoms with Crippen molar-refractivity contribution in [2.75, 3.05) is 6.54 Å². The molecular weight excluding hydrogens is 200 g/mol. The number of nitrogens with two attached hydrogens (primary N) is 1. The Labute approximate surface area is 97.7 Å². The van der Waals surface area contributed by atoms with Gasteiger partial charge in [0.1, 0.15) is 0 Å². The van der Waals surface area contributed by atoms with Gasteiger partial charge >= 0.3 is 0 Å². The molecule has 0 saturated heterocycles. The van der Waals surface area contributed by atoms with E-state index >= 15 is 0 Å². The number of hydrogen-bond donors (Lipinski definition) is 3. The molecule has 1 aromatic carbocycles. The second-order valence-corrected chi connectivity index (χ2v) is 4.48. The molecule has 0 saturated carbocycles. The molecule has 2 atom stereocenters. The Bertz CT molecular complexity index is 287. The Morgan fingerprint density at radius 3 is 2.44 bits per heavy atom. The van der Waals surface area contributed by atoms with Gasteiger partial charge in [0.05, 0.1) is 6.10 Å². The SMILES string of the molecule is CC(C)NCC(O)C(N)Cc1ccccc1. The summed E-state index contributed by atoms with van der Waals surface area (Å²) >= 11 is 0. The van der Waals surface area contributed by atoms with Crippen molar-refractivity contribution in [1.29, 1.82) is 0 Å². The topological polar surface area (TPSA) is 58.3 Å². The zero-order valence-electron chi connectivity index (χ0n) is 10.1. The summed E-state index contributed by atoms with van der Waals surface area (Å²) < 4.78 is 0. The van der Waals surface area contributed by atoms with E-state index in [-0.39, 0.29) is 6.04 Å². The van der Waals surface area contributed by atoms with E-state index in [1.807, 2.05) is 30.3 Å². The molecule has 0 heterocycles. The summed E-state index contributed by atoms with van der Waals surface area (Å²) in [5, 5.41) is 13.0. The fourth-order valence-corrected chi connectivity index (χ4v) is 1.53. The Morgan fingerprint density at radius 1 is 1.25 bits per heavy atom. The van der Waals surface area contributed by atoms with Crippen LogP contribution in [0.2, 0.25) is 0 Å². The minimum absolute atomic E-state index is 0.214. The molecule has 1 rings (SSSR count). The number of rotatable bonds is 6. The summed E-state index contributed by atoms with van der Waals surface area (Å²) in [6.45, 7) is 4.65. The van der Waals surface area contributed by atoms with Gasteiger partial charge < -0.3 is 16.2 Å². The second-order valence-electron chi connectivity index (χ2n) is 4.48. The van der Waals surface area contributed by atoms with E-state index in [2.05, 4.69) is 19.2 Å². The molecule has 3 nitrogen and oxygen atoms in total. The molecule has 3 heteroatoms. The van der Waals surface area contributed by atoms with Crippen LogP contribution in [-0.4, -0.2) is 29.8 Å². The molecule has 0 aliphatic heterocycles. The van der Waals surface area contributed by atoms with Crippen LogP contribution in [0, 0.1) is 0 Å². The highest BCUT2D eigenvalue weighted by molar-refractivity contribution is 5.16. The third-order valence-corrected chi connectivity index (χ3v) is 2.54. The number of hydrogen-bond acceptors (Lipinski definition) is 3. The predicted molar refractivity (Wildman–Crippen MR) is 67.3 cm³/mol. The number of aliphatic hydroxyl groups excluding tert-OH is 1. The van der Waals surface area contributed by atoms with Crippen molar-refractivity contribution in [3.8, 4) is 0 Å². The maximum Gasteiger partial charge on any atom is 0.0818 e. The Kier molecular flexibility index (Phi) is 5.46. The van der Waals surface area contributed by atoms with E-state index in [1.165, 1.54) is 5.56 Å². The zero-order valence-corrected chi connectivity index (χ0v) is 10.1. The lowest BCUT2D eigenvalue weighted by Gasteiger charge is -2.20. The molecule has 4 N–H and O–H groups in total. The van der Waals surface area contributed by atoms with Crippen molar-refractivity contribution in [3.05, 3.63) is 35.9 Å². The molecule has 0 aromatic heterocycles. The van der Waals surface area contributed by atoms with Gasteiger partial charge in [0.15, 0.2) is 0 Å². The van der Waals surface area contributed by atoms with Crippen molar-refractivity contribution in [2.24, 2.45) is 5.73 Å². The first-order chi connectivity index (χ1) is 7.59. The van der Waals surface area contributed by atoms with Crippen LogP contribution in [0.3, 0.4) is 0 Å². The molecule has 0 fully saturated rings. The first-order valence-electron chi connectivity index (χ1n) is 5.80. The monoisotopic (exact) mass is 222 g/mol. The summed E-state index contributed by atoms with van der Waals surface area (Å²) in [5.41, 5.74) is 7.11. The molecule has 0 bridgehead atoms. The van der Waals surface area contributed by atoms with E-state index in [9.17, 15) is 5.11 Å². The fraction of sp³-hybridized carbons (Fsp3) is 0.538. The van der Waals surface area contributed by atoms with Gasteiger partial charge in [0, 0.05) is 18.6 Å². The van der Waals surface area contributed by atoms with Crippen LogP contribution in [0.25, 0.3) is 0 Å². The standard InChI is InChI=1S/C13H22N2O/c1-10(2)15-9-13(16)12(14)8-11-6-4-3-5-7-11/h3-7,10,12-13,15-16H,8-9,14H2,1-2H3. The maximum atomic E-state index is 9.84. The van der Waals surface area contributed by atoms with Crippen LogP contribution in [0.4, 0.5) is 0 Å². The normalized spacial score (nSPS) is 15.1. The molecule has 2 unspecified atom stereocenters. The van der Waals surface area contributed by atoms with Crippen molar-refractivity contribution < 1.29 is 5.11 Å². The van der Waals surface area contributed by atoms with Crippen LogP contribution in [0.5, 0.6) is 0 Å². The van der Waals surface area contributed by atoms with Crippen molar-refractivity contribution in [1.82, 2.24) is 5.32 Å². The molecule has 0 spiro atoms. The Morgan fingerprint density at radius 2 is 1.88 bits per heavy atom. The first-order valence-corrected chi connectivity index (χ1v) is 5.80. The average molecular weight is 222 g/mol. The largest absolute Gasteiger partial charge is 0.390 e. The quantitative estimate of drug-likeness (QED) is 0.670. The summed E-state index contributed by atoms with van der Waals surface area (Å²) in [6, 6.07) is 10.2. The molecule has 90 valence electrons. The average Bonchev–Trinajstić information content (AvgIpc) is 2.27. The minimum Gasteiger partial charge on any atom is -0.390 e. The van der Waals surface area contributed by atoms with E-state index in [1.54, 1.807) is 0 Å². The van der Waals surface area contributed by atoms with Crippen LogP contribution in [0.1, 0.15) is 19.4 Å². The van der Waals surface area contributed by atoms with E-state index in [0.717, 1.165) is 0 Å². The first kappa shape index (κ1) is 13.2.